The maximum atomic E-state index is 8.96. The second kappa shape index (κ2) is 5.60. The lowest BCUT2D eigenvalue weighted by Gasteiger charge is -2.38. The molecule has 0 amide bonds. The van der Waals surface area contributed by atoms with Crippen LogP contribution in [0.15, 0.2) is 18.2 Å². The van der Waals surface area contributed by atoms with Crippen LogP contribution in [-0.4, -0.2) is 37.1 Å². The van der Waals surface area contributed by atoms with Gasteiger partial charge in [0, 0.05) is 42.9 Å². The number of rotatable bonds is 2. The van der Waals surface area contributed by atoms with Gasteiger partial charge in [0.1, 0.15) is 0 Å². The normalized spacial score (nSPS) is 16.9. The number of anilines is 1. The predicted molar refractivity (Wildman–Crippen MR) is 75.1 cm³/mol. The number of hydrogen-bond acceptors (Lipinski definition) is 3. The predicted octanol–water partition coefficient (Wildman–Crippen LogP) is 2.74. The van der Waals surface area contributed by atoms with Gasteiger partial charge in [0.2, 0.25) is 0 Å². The SMILES string of the molecule is CC(C)N1CCN(c2cc(Cl)cc(C#N)c2)CC1. The second-order valence-corrected chi connectivity index (χ2v) is 5.36. The van der Waals surface area contributed by atoms with Crippen LogP contribution in [0.3, 0.4) is 0 Å². The Morgan fingerprint density at radius 1 is 1.17 bits per heavy atom. The van der Waals surface area contributed by atoms with Gasteiger partial charge >= 0.3 is 0 Å². The molecule has 1 heterocycles. The summed E-state index contributed by atoms with van der Waals surface area (Å²) in [6.45, 7) is 8.55. The van der Waals surface area contributed by atoms with E-state index in [0.717, 1.165) is 31.9 Å². The lowest BCUT2D eigenvalue weighted by Crippen LogP contribution is -2.48. The Bertz CT molecular complexity index is 457. The van der Waals surface area contributed by atoms with E-state index in [1.807, 2.05) is 12.1 Å². The van der Waals surface area contributed by atoms with Crippen molar-refractivity contribution in [2.24, 2.45) is 0 Å². The fourth-order valence-electron chi connectivity index (χ4n) is 2.32. The van der Waals surface area contributed by atoms with Crippen molar-refractivity contribution in [3.8, 4) is 6.07 Å². The van der Waals surface area contributed by atoms with Crippen molar-refractivity contribution >= 4 is 17.3 Å². The molecular formula is C14H18ClN3. The van der Waals surface area contributed by atoms with E-state index in [2.05, 4.69) is 29.7 Å². The third kappa shape index (κ3) is 2.95. The van der Waals surface area contributed by atoms with Crippen LogP contribution < -0.4 is 4.90 Å². The molecule has 0 radical (unpaired) electrons. The summed E-state index contributed by atoms with van der Waals surface area (Å²) in [6, 6.07) is 8.31. The molecule has 0 aliphatic carbocycles. The van der Waals surface area contributed by atoms with Crippen molar-refractivity contribution in [3.63, 3.8) is 0 Å². The fraction of sp³-hybridized carbons (Fsp3) is 0.500. The molecule has 0 atom stereocenters. The van der Waals surface area contributed by atoms with Crippen LogP contribution in [0, 0.1) is 11.3 Å². The lowest BCUT2D eigenvalue weighted by atomic mass is 10.1. The van der Waals surface area contributed by atoms with E-state index < -0.39 is 0 Å². The van der Waals surface area contributed by atoms with Crippen LogP contribution in [0.4, 0.5) is 5.69 Å². The van der Waals surface area contributed by atoms with E-state index in [0.29, 0.717) is 16.6 Å². The minimum atomic E-state index is 0.598. The quantitative estimate of drug-likeness (QED) is 0.822. The first-order valence-electron chi connectivity index (χ1n) is 6.30. The van der Waals surface area contributed by atoms with Crippen molar-refractivity contribution in [1.29, 1.82) is 5.26 Å². The van der Waals surface area contributed by atoms with Gasteiger partial charge in [-0.2, -0.15) is 5.26 Å². The highest BCUT2D eigenvalue weighted by molar-refractivity contribution is 6.31. The number of nitrogens with zero attached hydrogens (tertiary/aromatic N) is 3. The first-order valence-corrected chi connectivity index (χ1v) is 6.67. The Hall–Kier alpha value is -1.24. The zero-order valence-electron chi connectivity index (χ0n) is 10.9. The molecule has 1 fully saturated rings. The monoisotopic (exact) mass is 263 g/mol. The molecule has 1 aromatic carbocycles. The number of benzene rings is 1. The third-order valence-corrected chi connectivity index (χ3v) is 3.64. The molecule has 0 aromatic heterocycles. The Labute approximate surface area is 114 Å². The van der Waals surface area contributed by atoms with Gasteiger partial charge < -0.3 is 4.90 Å². The minimum Gasteiger partial charge on any atom is -0.369 e. The van der Waals surface area contributed by atoms with Gasteiger partial charge in [-0.05, 0) is 32.0 Å². The van der Waals surface area contributed by atoms with Crippen molar-refractivity contribution in [2.45, 2.75) is 19.9 Å². The van der Waals surface area contributed by atoms with Gasteiger partial charge in [-0.25, -0.2) is 0 Å². The summed E-state index contributed by atoms with van der Waals surface area (Å²) >= 11 is 6.04. The topological polar surface area (TPSA) is 30.3 Å². The van der Waals surface area contributed by atoms with Gasteiger partial charge in [0.15, 0.2) is 0 Å². The van der Waals surface area contributed by atoms with Gasteiger partial charge in [-0.3, -0.25) is 4.90 Å². The van der Waals surface area contributed by atoms with Gasteiger partial charge in [-0.15, -0.1) is 0 Å². The molecule has 0 N–H and O–H groups in total. The van der Waals surface area contributed by atoms with Crippen LogP contribution in [0.1, 0.15) is 19.4 Å². The molecule has 4 heteroatoms. The zero-order chi connectivity index (χ0) is 13.1. The molecule has 0 saturated carbocycles. The Morgan fingerprint density at radius 2 is 1.83 bits per heavy atom. The van der Waals surface area contributed by atoms with E-state index in [9.17, 15) is 0 Å². The first kappa shape index (κ1) is 13.2. The summed E-state index contributed by atoms with van der Waals surface area (Å²) in [5.41, 5.74) is 1.69. The van der Waals surface area contributed by atoms with Crippen molar-refractivity contribution < 1.29 is 0 Å². The van der Waals surface area contributed by atoms with Crippen LogP contribution in [0.25, 0.3) is 0 Å². The summed E-state index contributed by atoms with van der Waals surface area (Å²) in [7, 11) is 0. The molecule has 1 aromatic rings. The molecule has 0 unspecified atom stereocenters. The van der Waals surface area contributed by atoms with E-state index in [1.165, 1.54) is 0 Å². The first-order chi connectivity index (χ1) is 8.60. The van der Waals surface area contributed by atoms with Crippen LogP contribution in [0.5, 0.6) is 0 Å². The molecule has 2 rings (SSSR count). The fourth-order valence-corrected chi connectivity index (χ4v) is 2.55. The summed E-state index contributed by atoms with van der Waals surface area (Å²) in [5, 5.41) is 9.60. The average Bonchev–Trinajstić information content (AvgIpc) is 2.38. The maximum absolute atomic E-state index is 8.96. The standard InChI is InChI=1S/C14H18ClN3/c1-11(2)17-3-5-18(6-4-17)14-8-12(10-16)7-13(15)9-14/h7-9,11H,3-6H2,1-2H3. The highest BCUT2D eigenvalue weighted by atomic mass is 35.5. The number of hydrogen-bond donors (Lipinski definition) is 0. The second-order valence-electron chi connectivity index (χ2n) is 4.93. The largest absolute Gasteiger partial charge is 0.369 e. The van der Waals surface area contributed by atoms with Crippen molar-refractivity contribution in [1.82, 2.24) is 4.90 Å². The van der Waals surface area contributed by atoms with Crippen LogP contribution in [0.2, 0.25) is 5.02 Å². The van der Waals surface area contributed by atoms with E-state index >= 15 is 0 Å². The Morgan fingerprint density at radius 3 is 2.39 bits per heavy atom. The molecule has 0 bridgehead atoms. The third-order valence-electron chi connectivity index (χ3n) is 3.42. The highest BCUT2D eigenvalue weighted by Gasteiger charge is 2.19. The van der Waals surface area contributed by atoms with Gasteiger partial charge in [-0.1, -0.05) is 11.6 Å². The number of piperazine rings is 1. The summed E-state index contributed by atoms with van der Waals surface area (Å²) < 4.78 is 0. The average molecular weight is 264 g/mol. The maximum Gasteiger partial charge on any atom is 0.0992 e. The Kier molecular flexibility index (Phi) is 4.11. The van der Waals surface area contributed by atoms with E-state index in [4.69, 9.17) is 16.9 Å². The van der Waals surface area contributed by atoms with Gasteiger partial charge in [0.25, 0.3) is 0 Å². The molecule has 0 spiro atoms. The zero-order valence-corrected chi connectivity index (χ0v) is 11.6. The summed E-state index contributed by atoms with van der Waals surface area (Å²) in [5.74, 6) is 0. The smallest absolute Gasteiger partial charge is 0.0992 e. The molecule has 1 saturated heterocycles. The van der Waals surface area contributed by atoms with Crippen LogP contribution in [-0.2, 0) is 0 Å². The van der Waals surface area contributed by atoms with Gasteiger partial charge in [0.05, 0.1) is 11.6 Å². The molecule has 1 aliphatic rings. The van der Waals surface area contributed by atoms with Crippen LogP contribution >= 0.6 is 11.6 Å². The number of nitriles is 1. The molecule has 18 heavy (non-hydrogen) atoms. The van der Waals surface area contributed by atoms with E-state index in [1.54, 1.807) is 6.07 Å². The molecule has 96 valence electrons. The van der Waals surface area contributed by atoms with Crippen molar-refractivity contribution in [3.05, 3.63) is 28.8 Å². The van der Waals surface area contributed by atoms with E-state index in [-0.39, 0.29) is 0 Å². The Balaban J connectivity index is 2.10. The summed E-state index contributed by atoms with van der Waals surface area (Å²) in [6.07, 6.45) is 0. The molecule has 1 aliphatic heterocycles. The lowest BCUT2D eigenvalue weighted by molar-refractivity contribution is 0.209. The van der Waals surface area contributed by atoms with Crippen molar-refractivity contribution in [2.75, 3.05) is 31.1 Å². The minimum absolute atomic E-state index is 0.598. The number of halogens is 1. The highest BCUT2D eigenvalue weighted by Crippen LogP contribution is 2.23. The molecular weight excluding hydrogens is 246 g/mol. The molecule has 3 nitrogen and oxygen atoms in total. The summed E-state index contributed by atoms with van der Waals surface area (Å²) in [4.78, 5) is 4.76.